The van der Waals surface area contributed by atoms with Gasteiger partial charge < -0.3 is 8.98 Å². The van der Waals surface area contributed by atoms with Gasteiger partial charge in [0.15, 0.2) is 11.6 Å². The lowest BCUT2D eigenvalue weighted by atomic mass is 10.1. The van der Waals surface area contributed by atoms with Gasteiger partial charge in [0.05, 0.1) is 6.54 Å². The summed E-state index contributed by atoms with van der Waals surface area (Å²) in [6, 6.07) is 10.6. The van der Waals surface area contributed by atoms with Gasteiger partial charge in [0.2, 0.25) is 5.71 Å². The summed E-state index contributed by atoms with van der Waals surface area (Å²) >= 11 is 0. The van der Waals surface area contributed by atoms with Crippen LogP contribution in [-0.2, 0) is 13.0 Å². The first-order chi connectivity index (χ1) is 14.5. The van der Waals surface area contributed by atoms with E-state index in [2.05, 4.69) is 4.98 Å². The lowest BCUT2D eigenvalue weighted by Crippen LogP contribution is -2.10. The summed E-state index contributed by atoms with van der Waals surface area (Å²) in [4.78, 5) is 17.0. The molecular formula is C23H15F3N2O2. The van der Waals surface area contributed by atoms with Gasteiger partial charge in [-0.15, -0.1) is 0 Å². The number of aryl methyl sites for hydroxylation is 1. The van der Waals surface area contributed by atoms with Crippen molar-refractivity contribution in [1.29, 1.82) is 0 Å². The first-order valence-corrected chi connectivity index (χ1v) is 9.44. The van der Waals surface area contributed by atoms with Crippen molar-refractivity contribution in [2.45, 2.75) is 19.9 Å². The zero-order valence-corrected chi connectivity index (χ0v) is 15.9. The predicted octanol–water partition coefficient (Wildman–Crippen LogP) is 5.32. The first kappa shape index (κ1) is 18.4. The second-order valence-corrected chi connectivity index (χ2v) is 7.12. The van der Waals surface area contributed by atoms with E-state index >= 15 is 0 Å². The van der Waals surface area contributed by atoms with Gasteiger partial charge in [-0.25, -0.2) is 22.9 Å². The third-order valence-corrected chi connectivity index (χ3v) is 5.36. The maximum atomic E-state index is 14.4. The highest BCUT2D eigenvalue weighted by Crippen LogP contribution is 2.34. The number of hydrogen-bond donors (Lipinski definition) is 0. The zero-order valence-electron chi connectivity index (χ0n) is 15.9. The van der Waals surface area contributed by atoms with E-state index in [0.717, 1.165) is 23.4 Å². The topological polar surface area (TPSA) is 48.0 Å². The van der Waals surface area contributed by atoms with Crippen LogP contribution in [0, 0.1) is 17.5 Å². The van der Waals surface area contributed by atoms with E-state index in [1.165, 1.54) is 6.20 Å². The number of hydrogen-bond acceptors (Lipinski definition) is 3. The molecule has 0 bridgehead atoms. The van der Waals surface area contributed by atoms with Gasteiger partial charge >= 0.3 is 5.63 Å². The van der Waals surface area contributed by atoms with Gasteiger partial charge in [0.1, 0.15) is 11.3 Å². The Hall–Kier alpha value is -3.61. The number of rotatable bonds is 3. The fourth-order valence-electron chi connectivity index (χ4n) is 3.96. The Morgan fingerprint density at radius 1 is 1.07 bits per heavy atom. The van der Waals surface area contributed by atoms with Crippen LogP contribution in [0.5, 0.6) is 0 Å². The minimum Gasteiger partial charge on any atom is -0.402 e. The molecule has 0 radical (unpaired) electrons. The van der Waals surface area contributed by atoms with E-state index in [-0.39, 0.29) is 23.3 Å². The van der Waals surface area contributed by atoms with E-state index in [1.54, 1.807) is 16.7 Å². The van der Waals surface area contributed by atoms with Crippen LogP contribution in [0.15, 0.2) is 57.9 Å². The zero-order chi connectivity index (χ0) is 21.0. The Labute approximate surface area is 168 Å². The normalized spacial score (nSPS) is 11.7. The summed E-state index contributed by atoms with van der Waals surface area (Å²) < 4.78 is 48.8. The van der Waals surface area contributed by atoms with Gasteiger partial charge in [0.25, 0.3) is 0 Å². The Morgan fingerprint density at radius 2 is 1.90 bits per heavy atom. The van der Waals surface area contributed by atoms with Crippen LogP contribution in [0.25, 0.3) is 32.9 Å². The van der Waals surface area contributed by atoms with Gasteiger partial charge in [-0.05, 0) is 42.3 Å². The maximum Gasteiger partial charge on any atom is 0.362 e. The fourth-order valence-corrected chi connectivity index (χ4v) is 3.96. The molecule has 0 spiro atoms. The monoisotopic (exact) mass is 408 g/mol. The molecule has 0 aliphatic rings. The van der Waals surface area contributed by atoms with Crippen LogP contribution >= 0.6 is 0 Å². The van der Waals surface area contributed by atoms with Crippen molar-refractivity contribution >= 4 is 32.9 Å². The van der Waals surface area contributed by atoms with Crippen LogP contribution in [-0.4, -0.2) is 9.55 Å². The summed E-state index contributed by atoms with van der Waals surface area (Å²) in [6.07, 6.45) is 2.31. The number of aromatic nitrogens is 2. The second-order valence-electron chi connectivity index (χ2n) is 7.12. The summed E-state index contributed by atoms with van der Waals surface area (Å²) in [7, 11) is 0. The van der Waals surface area contributed by atoms with Gasteiger partial charge in [-0.3, -0.25) is 0 Å². The van der Waals surface area contributed by atoms with Gasteiger partial charge in [-0.1, -0.05) is 13.0 Å². The molecule has 0 saturated heterocycles. The van der Waals surface area contributed by atoms with Crippen molar-refractivity contribution in [3.63, 3.8) is 0 Å². The highest BCUT2D eigenvalue weighted by Gasteiger charge is 2.21. The minimum atomic E-state index is -1.28. The average molecular weight is 408 g/mol. The van der Waals surface area contributed by atoms with Crippen LogP contribution in [0.4, 0.5) is 13.2 Å². The summed E-state index contributed by atoms with van der Waals surface area (Å²) in [5, 5.41) is 2.03. The van der Waals surface area contributed by atoms with Crippen LogP contribution < -0.4 is 5.63 Å². The lowest BCUT2D eigenvalue weighted by Gasteiger charge is -2.09. The first-order valence-electron chi connectivity index (χ1n) is 9.44. The van der Waals surface area contributed by atoms with Gasteiger partial charge in [-0.2, -0.15) is 0 Å². The van der Waals surface area contributed by atoms with Gasteiger partial charge in [0, 0.05) is 39.5 Å². The van der Waals surface area contributed by atoms with Crippen LogP contribution in [0.3, 0.4) is 0 Å². The number of fused-ring (bicyclic) bond motifs is 5. The molecule has 0 amide bonds. The molecule has 5 aromatic rings. The van der Waals surface area contributed by atoms with E-state index in [1.807, 2.05) is 25.1 Å². The van der Waals surface area contributed by atoms with Crippen molar-refractivity contribution in [2.24, 2.45) is 0 Å². The number of nitrogens with zero attached hydrogens (tertiary/aromatic N) is 2. The minimum absolute atomic E-state index is 0.193. The highest BCUT2D eigenvalue weighted by atomic mass is 19.2. The van der Waals surface area contributed by atoms with Crippen molar-refractivity contribution in [2.75, 3.05) is 0 Å². The molecule has 0 unspecified atom stereocenters. The summed E-state index contributed by atoms with van der Waals surface area (Å²) in [6.45, 7) is 1.78. The Morgan fingerprint density at radius 3 is 2.70 bits per heavy atom. The molecule has 30 heavy (non-hydrogen) atoms. The third-order valence-electron chi connectivity index (χ3n) is 5.36. The standard InChI is InChI=1S/C23H15F3N2O2/c1-2-12-5-6-18-16(8-12)19-15-4-3-7-27-22(15)30-23(29)21(19)28(18)11-13-9-14(24)10-17(25)20(13)26/h3-10H,2,11H2,1H3. The number of pyridine rings is 1. The van der Waals surface area contributed by atoms with Crippen LogP contribution in [0.2, 0.25) is 0 Å². The molecule has 5 rings (SSSR count). The number of halogens is 3. The average Bonchev–Trinajstić information content (AvgIpc) is 3.06. The Kier molecular flexibility index (Phi) is 4.13. The predicted molar refractivity (Wildman–Crippen MR) is 108 cm³/mol. The Bertz CT molecular complexity index is 1520. The molecule has 4 nitrogen and oxygen atoms in total. The molecule has 3 heterocycles. The lowest BCUT2D eigenvalue weighted by molar-refractivity contribution is 0.482. The van der Waals surface area contributed by atoms with Crippen molar-refractivity contribution in [3.05, 3.63) is 87.7 Å². The third kappa shape index (κ3) is 2.69. The smallest absolute Gasteiger partial charge is 0.362 e. The molecule has 0 fully saturated rings. The molecule has 0 atom stereocenters. The van der Waals surface area contributed by atoms with Crippen LogP contribution in [0.1, 0.15) is 18.1 Å². The fraction of sp³-hybridized carbons (Fsp3) is 0.130. The summed E-state index contributed by atoms with van der Waals surface area (Å²) in [5.41, 5.74) is 1.23. The molecular weight excluding hydrogens is 393 g/mol. The maximum absolute atomic E-state index is 14.4. The molecule has 0 aliphatic heterocycles. The highest BCUT2D eigenvalue weighted by molar-refractivity contribution is 6.18. The van der Waals surface area contributed by atoms with Crippen molar-refractivity contribution in [1.82, 2.24) is 9.55 Å². The van der Waals surface area contributed by atoms with E-state index in [4.69, 9.17) is 4.42 Å². The largest absolute Gasteiger partial charge is 0.402 e. The molecule has 0 aliphatic carbocycles. The molecule has 3 aromatic heterocycles. The van der Waals surface area contributed by atoms with Crippen molar-refractivity contribution in [3.8, 4) is 0 Å². The quantitative estimate of drug-likeness (QED) is 0.380. The van der Waals surface area contributed by atoms with E-state index in [0.29, 0.717) is 22.4 Å². The molecule has 2 aromatic carbocycles. The molecule has 150 valence electrons. The SMILES string of the molecule is CCc1ccc2c(c1)c1c3cccnc3oc(=O)c1n2Cc1cc(F)cc(F)c1F. The Balaban J connectivity index is 1.92. The summed E-state index contributed by atoms with van der Waals surface area (Å²) in [5.74, 6) is -3.32. The van der Waals surface area contributed by atoms with E-state index < -0.39 is 23.1 Å². The van der Waals surface area contributed by atoms with Crippen molar-refractivity contribution < 1.29 is 17.6 Å². The second kappa shape index (κ2) is 6.73. The number of benzene rings is 2. The molecule has 0 saturated carbocycles. The van der Waals surface area contributed by atoms with E-state index in [9.17, 15) is 18.0 Å². The molecule has 0 N–H and O–H groups in total. The molecule has 7 heteroatoms.